The Hall–Kier alpha value is -1.89. The molecule has 1 N–H and O–H groups in total. The molecule has 7 heteroatoms. The number of halogens is 1. The van der Waals surface area contributed by atoms with Crippen LogP contribution in [0.4, 0.5) is 4.39 Å². The van der Waals surface area contributed by atoms with E-state index in [2.05, 4.69) is 10.2 Å². The van der Waals surface area contributed by atoms with Crippen LogP contribution >= 0.6 is 11.8 Å². The van der Waals surface area contributed by atoms with Crippen molar-refractivity contribution in [1.29, 1.82) is 0 Å². The Morgan fingerprint density at radius 1 is 1.40 bits per heavy atom. The number of benzene rings is 1. The number of carboxylic acid groups (broad SMARTS) is 1. The number of hydrogen-bond acceptors (Lipinski definition) is 4. The third kappa shape index (κ3) is 2.98. The van der Waals surface area contributed by atoms with Gasteiger partial charge in [-0.2, -0.15) is 0 Å². The van der Waals surface area contributed by atoms with E-state index in [4.69, 9.17) is 5.11 Å². The number of nitrogens with zero attached hydrogens (tertiary/aromatic N) is 3. The molecule has 0 radical (unpaired) electrons. The van der Waals surface area contributed by atoms with Crippen LogP contribution in [0.3, 0.4) is 0 Å². The van der Waals surface area contributed by atoms with Crippen molar-refractivity contribution < 1.29 is 14.3 Å². The molecule has 2 rings (SSSR count). The van der Waals surface area contributed by atoms with E-state index in [1.807, 2.05) is 13.8 Å². The van der Waals surface area contributed by atoms with E-state index >= 15 is 0 Å². The van der Waals surface area contributed by atoms with Gasteiger partial charge in [-0.15, -0.1) is 10.2 Å². The van der Waals surface area contributed by atoms with Crippen LogP contribution in [0.5, 0.6) is 0 Å². The Morgan fingerprint density at radius 2 is 2.10 bits per heavy atom. The molecule has 0 atom stereocenters. The summed E-state index contributed by atoms with van der Waals surface area (Å²) in [7, 11) is 0. The van der Waals surface area contributed by atoms with Gasteiger partial charge in [-0.3, -0.25) is 9.36 Å². The highest BCUT2D eigenvalue weighted by atomic mass is 32.2. The number of hydrogen-bond donors (Lipinski definition) is 1. The molecule has 0 aliphatic carbocycles. The maximum absolute atomic E-state index is 13.9. The highest BCUT2D eigenvalue weighted by molar-refractivity contribution is 7.99. The van der Waals surface area contributed by atoms with Crippen LogP contribution in [-0.2, 0) is 4.79 Å². The maximum atomic E-state index is 13.9. The average Bonchev–Trinajstić information content (AvgIpc) is 2.80. The van der Waals surface area contributed by atoms with Gasteiger partial charge in [0.1, 0.15) is 5.82 Å². The second-order valence-electron chi connectivity index (χ2n) is 4.43. The molecular formula is C13H14FN3O2S. The van der Waals surface area contributed by atoms with E-state index in [-0.39, 0.29) is 17.6 Å². The quantitative estimate of drug-likeness (QED) is 0.859. The van der Waals surface area contributed by atoms with Gasteiger partial charge in [-0.1, -0.05) is 23.9 Å². The van der Waals surface area contributed by atoms with Crippen LogP contribution in [0.1, 0.15) is 19.9 Å². The van der Waals surface area contributed by atoms with Crippen molar-refractivity contribution in [3.8, 4) is 11.4 Å². The molecule has 0 saturated heterocycles. The lowest BCUT2D eigenvalue weighted by Gasteiger charge is -2.13. The summed E-state index contributed by atoms with van der Waals surface area (Å²) in [6.07, 6.45) is 0. The third-order valence-electron chi connectivity index (χ3n) is 2.62. The van der Waals surface area contributed by atoms with Crippen LogP contribution in [0.15, 0.2) is 29.4 Å². The molecule has 1 aromatic heterocycles. The number of aromatic nitrogens is 3. The zero-order valence-electron chi connectivity index (χ0n) is 11.1. The lowest BCUT2D eigenvalue weighted by molar-refractivity contribution is -0.133. The van der Waals surface area contributed by atoms with Crippen molar-refractivity contribution in [3.63, 3.8) is 0 Å². The number of rotatable bonds is 5. The lowest BCUT2D eigenvalue weighted by atomic mass is 10.2. The smallest absolute Gasteiger partial charge is 0.313 e. The molecule has 0 bridgehead atoms. The first-order valence-corrected chi connectivity index (χ1v) is 7.03. The molecule has 0 saturated carbocycles. The fraction of sp³-hybridized carbons (Fsp3) is 0.308. The first-order valence-electron chi connectivity index (χ1n) is 6.05. The highest BCUT2D eigenvalue weighted by Crippen LogP contribution is 2.28. The monoisotopic (exact) mass is 295 g/mol. The fourth-order valence-corrected chi connectivity index (χ4v) is 2.58. The second-order valence-corrected chi connectivity index (χ2v) is 5.37. The van der Waals surface area contributed by atoms with Gasteiger partial charge in [0.05, 0.1) is 11.3 Å². The molecule has 0 spiro atoms. The maximum Gasteiger partial charge on any atom is 0.313 e. The van der Waals surface area contributed by atoms with Gasteiger partial charge in [-0.25, -0.2) is 4.39 Å². The normalized spacial score (nSPS) is 11.0. The van der Waals surface area contributed by atoms with E-state index in [9.17, 15) is 9.18 Å². The third-order valence-corrected chi connectivity index (χ3v) is 3.55. The molecule has 0 aliphatic heterocycles. The number of thioether (sulfide) groups is 1. The van der Waals surface area contributed by atoms with Gasteiger partial charge in [0.15, 0.2) is 11.0 Å². The summed E-state index contributed by atoms with van der Waals surface area (Å²) in [6.45, 7) is 3.83. The summed E-state index contributed by atoms with van der Waals surface area (Å²) in [5.41, 5.74) is 0.357. The fourth-order valence-electron chi connectivity index (χ4n) is 1.79. The van der Waals surface area contributed by atoms with Gasteiger partial charge in [-0.05, 0) is 26.0 Å². The van der Waals surface area contributed by atoms with Crippen molar-refractivity contribution in [2.24, 2.45) is 0 Å². The van der Waals surface area contributed by atoms with Crippen molar-refractivity contribution in [1.82, 2.24) is 14.8 Å². The van der Waals surface area contributed by atoms with E-state index < -0.39 is 5.97 Å². The Morgan fingerprint density at radius 3 is 2.70 bits per heavy atom. The minimum atomic E-state index is -0.930. The van der Waals surface area contributed by atoms with Crippen LogP contribution in [0.25, 0.3) is 11.4 Å². The summed E-state index contributed by atoms with van der Waals surface area (Å²) in [5.74, 6) is -1.01. The van der Waals surface area contributed by atoms with Gasteiger partial charge >= 0.3 is 5.97 Å². The van der Waals surface area contributed by atoms with Gasteiger partial charge in [0, 0.05) is 6.04 Å². The topological polar surface area (TPSA) is 68.0 Å². The summed E-state index contributed by atoms with van der Waals surface area (Å²) in [4.78, 5) is 10.6. The zero-order chi connectivity index (χ0) is 14.7. The number of carboxylic acids is 1. The SMILES string of the molecule is CC(C)n1c(SCC(=O)O)nnc1-c1ccccc1F. The Bertz CT molecular complexity index is 628. The predicted molar refractivity (Wildman–Crippen MR) is 74.2 cm³/mol. The Kier molecular flexibility index (Phi) is 4.39. The standard InChI is InChI=1S/C13H14FN3O2S/c1-8(2)17-12(9-5-3-4-6-10(9)14)15-16-13(17)20-7-11(18)19/h3-6,8H,7H2,1-2H3,(H,18,19). The lowest BCUT2D eigenvalue weighted by Crippen LogP contribution is -2.07. The molecule has 0 unspecified atom stereocenters. The first-order chi connectivity index (χ1) is 9.50. The van der Waals surface area contributed by atoms with E-state index in [1.165, 1.54) is 6.07 Å². The Balaban J connectivity index is 2.44. The Labute approximate surface area is 119 Å². The summed E-state index contributed by atoms with van der Waals surface area (Å²) in [6, 6.07) is 6.32. The zero-order valence-corrected chi connectivity index (χ0v) is 11.9. The molecule has 106 valence electrons. The van der Waals surface area contributed by atoms with Crippen molar-refractivity contribution in [3.05, 3.63) is 30.1 Å². The van der Waals surface area contributed by atoms with Crippen LogP contribution in [0, 0.1) is 5.82 Å². The van der Waals surface area contributed by atoms with Crippen molar-refractivity contribution in [2.75, 3.05) is 5.75 Å². The average molecular weight is 295 g/mol. The summed E-state index contributed by atoms with van der Waals surface area (Å²) in [5, 5.41) is 17.2. The van der Waals surface area contributed by atoms with E-state index in [1.54, 1.807) is 22.8 Å². The molecule has 0 amide bonds. The van der Waals surface area contributed by atoms with E-state index in [0.29, 0.717) is 16.5 Å². The van der Waals surface area contributed by atoms with Crippen molar-refractivity contribution in [2.45, 2.75) is 25.0 Å². The molecule has 20 heavy (non-hydrogen) atoms. The predicted octanol–water partition coefficient (Wildman–Crippen LogP) is 2.84. The van der Waals surface area contributed by atoms with Gasteiger partial charge < -0.3 is 5.11 Å². The molecule has 0 aliphatic rings. The molecule has 2 aromatic rings. The minimum absolute atomic E-state index is 0.00380. The van der Waals surface area contributed by atoms with Gasteiger partial charge in [0.25, 0.3) is 0 Å². The van der Waals surface area contributed by atoms with Gasteiger partial charge in [0.2, 0.25) is 0 Å². The minimum Gasteiger partial charge on any atom is -0.481 e. The molecule has 5 nitrogen and oxygen atoms in total. The van der Waals surface area contributed by atoms with E-state index in [0.717, 1.165) is 11.8 Å². The highest BCUT2D eigenvalue weighted by Gasteiger charge is 2.19. The molecule has 1 heterocycles. The van der Waals surface area contributed by atoms with Crippen LogP contribution in [0.2, 0.25) is 0 Å². The second kappa shape index (κ2) is 6.04. The number of carbonyl (C=O) groups is 1. The first kappa shape index (κ1) is 14.5. The largest absolute Gasteiger partial charge is 0.481 e. The molecular weight excluding hydrogens is 281 g/mol. The summed E-state index contributed by atoms with van der Waals surface area (Å²) < 4.78 is 15.6. The van der Waals surface area contributed by atoms with Crippen LogP contribution in [-0.4, -0.2) is 31.6 Å². The molecule has 1 aromatic carbocycles. The number of aliphatic carboxylic acids is 1. The molecule has 0 fully saturated rings. The summed E-state index contributed by atoms with van der Waals surface area (Å²) >= 11 is 1.07. The van der Waals surface area contributed by atoms with Crippen LogP contribution < -0.4 is 0 Å². The van der Waals surface area contributed by atoms with Crippen molar-refractivity contribution >= 4 is 17.7 Å².